The molecule has 0 saturated heterocycles. The predicted octanol–water partition coefficient (Wildman–Crippen LogP) is 6.75. The van der Waals surface area contributed by atoms with Crippen molar-refractivity contribution < 1.29 is 27.5 Å². The van der Waals surface area contributed by atoms with Gasteiger partial charge in [0.15, 0.2) is 0 Å². The highest BCUT2D eigenvalue weighted by atomic mass is 35.5. The van der Waals surface area contributed by atoms with Gasteiger partial charge < -0.3 is 10.4 Å². The number of carbonyl (C=O) groups excluding carboxylic acids is 1. The van der Waals surface area contributed by atoms with Gasteiger partial charge in [0.1, 0.15) is 22.9 Å². The Bertz CT molecular complexity index is 1410. The first-order valence-corrected chi connectivity index (χ1v) is 11.5. The zero-order valence-corrected chi connectivity index (χ0v) is 20.2. The van der Waals surface area contributed by atoms with Gasteiger partial charge in [0.05, 0.1) is 16.3 Å². The number of nitrogens with one attached hydrogen (secondary N) is 1. The molecule has 4 aromatic rings. The minimum atomic E-state index is -3.53. The first kappa shape index (κ1) is 26.2. The molecular formula is C28H21ClF4N2O2. The van der Waals surface area contributed by atoms with E-state index in [0.29, 0.717) is 17.5 Å². The molecule has 1 atom stereocenters. The van der Waals surface area contributed by atoms with Gasteiger partial charge >= 0.3 is 0 Å². The van der Waals surface area contributed by atoms with E-state index in [-0.39, 0.29) is 23.2 Å². The molecule has 1 amide bonds. The topological polar surface area (TPSA) is 62.2 Å². The largest absolute Gasteiger partial charge is 0.508 e. The summed E-state index contributed by atoms with van der Waals surface area (Å²) in [7, 11) is 0. The van der Waals surface area contributed by atoms with Crippen LogP contribution in [0.15, 0.2) is 85.1 Å². The molecule has 0 bridgehead atoms. The van der Waals surface area contributed by atoms with Crippen LogP contribution in [0, 0.1) is 11.6 Å². The number of pyridine rings is 1. The van der Waals surface area contributed by atoms with Crippen molar-refractivity contribution in [1.82, 2.24) is 10.3 Å². The van der Waals surface area contributed by atoms with Crippen molar-refractivity contribution in [2.24, 2.45) is 0 Å². The molecular weight excluding hydrogens is 508 g/mol. The fourth-order valence-electron chi connectivity index (χ4n) is 4.14. The number of carbonyl (C=O) groups is 1. The van der Waals surface area contributed by atoms with Crippen molar-refractivity contribution in [2.45, 2.75) is 24.8 Å². The molecule has 0 spiro atoms. The van der Waals surface area contributed by atoms with E-state index in [1.165, 1.54) is 24.4 Å². The highest BCUT2D eigenvalue weighted by Gasteiger charge is 2.39. The zero-order valence-electron chi connectivity index (χ0n) is 19.5. The molecule has 37 heavy (non-hydrogen) atoms. The Hall–Kier alpha value is -3.91. The number of hydrogen-bond donors (Lipinski definition) is 2. The first-order chi connectivity index (χ1) is 17.5. The molecule has 0 aliphatic rings. The van der Waals surface area contributed by atoms with Crippen molar-refractivity contribution >= 4 is 17.5 Å². The van der Waals surface area contributed by atoms with E-state index in [1.807, 2.05) is 0 Å². The van der Waals surface area contributed by atoms with Crippen LogP contribution in [-0.2, 0) is 17.9 Å². The SMILES string of the molecule is CC(F)(F)c1cc(C(=O)N[C@@](Cc2ccccc2)(c2cc(O)cc(F)c2)c2ccc(Cl)cn2)ccc1F. The molecule has 0 saturated carbocycles. The summed E-state index contributed by atoms with van der Waals surface area (Å²) in [4.78, 5) is 17.9. The molecule has 0 aliphatic carbocycles. The number of aromatic nitrogens is 1. The maximum atomic E-state index is 14.5. The lowest BCUT2D eigenvalue weighted by molar-refractivity contribution is 0.0137. The molecule has 4 nitrogen and oxygen atoms in total. The van der Waals surface area contributed by atoms with Gasteiger partial charge in [-0.3, -0.25) is 9.78 Å². The molecule has 0 aliphatic heterocycles. The normalized spacial score (nSPS) is 13.1. The molecule has 9 heteroatoms. The third kappa shape index (κ3) is 5.75. The second-order valence-electron chi connectivity index (χ2n) is 8.66. The summed E-state index contributed by atoms with van der Waals surface area (Å²) in [6.45, 7) is 0.528. The molecule has 2 N–H and O–H groups in total. The van der Waals surface area contributed by atoms with Crippen molar-refractivity contribution in [3.8, 4) is 5.75 Å². The summed E-state index contributed by atoms with van der Waals surface area (Å²) in [5.41, 5.74) is -1.69. The average molecular weight is 529 g/mol. The standard InChI is InChI=1S/C28H21ClF4N2O2/c1-27(32,33)23-11-18(7-9-24(23)31)26(37)35-28(15-17-5-3-2-4-6-17,25-10-8-20(29)16-34-25)19-12-21(30)14-22(36)13-19/h2-14,16,36H,15H2,1H3,(H,35,37)/t28-/m0/s1. The highest BCUT2D eigenvalue weighted by Crippen LogP contribution is 2.36. The maximum Gasteiger partial charge on any atom is 0.273 e. The Kier molecular flexibility index (Phi) is 7.23. The van der Waals surface area contributed by atoms with Crippen LogP contribution in [0.3, 0.4) is 0 Å². The van der Waals surface area contributed by atoms with Crippen molar-refractivity contribution in [3.05, 3.63) is 130 Å². The van der Waals surface area contributed by atoms with Crippen molar-refractivity contribution in [3.63, 3.8) is 0 Å². The molecule has 0 fully saturated rings. The smallest absolute Gasteiger partial charge is 0.273 e. The lowest BCUT2D eigenvalue weighted by Gasteiger charge is -2.35. The summed E-state index contributed by atoms with van der Waals surface area (Å²) in [6, 6.07) is 17.9. The number of halogens is 5. The second-order valence-corrected chi connectivity index (χ2v) is 9.10. The monoisotopic (exact) mass is 528 g/mol. The van der Waals surface area contributed by atoms with Crippen LogP contribution < -0.4 is 5.32 Å². The highest BCUT2D eigenvalue weighted by molar-refractivity contribution is 6.30. The van der Waals surface area contributed by atoms with Crippen LogP contribution in [-0.4, -0.2) is 16.0 Å². The Morgan fingerprint density at radius 3 is 2.35 bits per heavy atom. The number of benzene rings is 3. The molecule has 4 rings (SSSR count). The fraction of sp³-hybridized carbons (Fsp3) is 0.143. The number of phenolic OH excluding ortho intramolecular Hbond substituents is 1. The van der Waals surface area contributed by atoms with E-state index in [9.17, 15) is 27.5 Å². The first-order valence-electron chi connectivity index (χ1n) is 11.1. The molecule has 1 heterocycles. The third-order valence-electron chi connectivity index (χ3n) is 5.88. The molecule has 3 aromatic carbocycles. The Labute approximate surface area is 215 Å². The number of nitrogens with zero attached hydrogens (tertiary/aromatic N) is 1. The average Bonchev–Trinajstić information content (AvgIpc) is 2.83. The van der Waals surface area contributed by atoms with Gasteiger partial charge in [0.25, 0.3) is 11.8 Å². The van der Waals surface area contributed by atoms with E-state index in [4.69, 9.17) is 11.6 Å². The minimum absolute atomic E-state index is 0.0368. The van der Waals surface area contributed by atoms with E-state index in [0.717, 1.165) is 30.3 Å². The van der Waals surface area contributed by atoms with E-state index < -0.39 is 40.3 Å². The Morgan fingerprint density at radius 1 is 1.00 bits per heavy atom. The molecule has 1 aromatic heterocycles. The van der Waals surface area contributed by atoms with Crippen LogP contribution in [0.1, 0.15) is 39.7 Å². The van der Waals surface area contributed by atoms with Crippen LogP contribution in [0.5, 0.6) is 5.75 Å². The lowest BCUT2D eigenvalue weighted by Crippen LogP contribution is -2.49. The van der Waals surface area contributed by atoms with Gasteiger partial charge in [-0.1, -0.05) is 41.9 Å². The zero-order chi connectivity index (χ0) is 26.8. The summed E-state index contributed by atoms with van der Waals surface area (Å²) in [6.07, 6.45) is 1.38. The maximum absolute atomic E-state index is 14.5. The molecule has 0 radical (unpaired) electrons. The fourth-order valence-corrected chi connectivity index (χ4v) is 4.25. The quantitative estimate of drug-likeness (QED) is 0.261. The predicted molar refractivity (Wildman–Crippen MR) is 132 cm³/mol. The number of rotatable bonds is 7. The molecule has 190 valence electrons. The van der Waals surface area contributed by atoms with Crippen molar-refractivity contribution in [2.75, 3.05) is 0 Å². The summed E-state index contributed by atoms with van der Waals surface area (Å²) >= 11 is 6.04. The van der Waals surface area contributed by atoms with Crippen LogP contribution in [0.4, 0.5) is 17.6 Å². The summed E-state index contributed by atoms with van der Waals surface area (Å²) < 4.78 is 56.6. The van der Waals surface area contributed by atoms with Crippen LogP contribution >= 0.6 is 11.6 Å². The van der Waals surface area contributed by atoms with Gasteiger partial charge in [0, 0.05) is 31.2 Å². The Balaban J connectivity index is 1.92. The van der Waals surface area contributed by atoms with Crippen LogP contribution in [0.2, 0.25) is 5.02 Å². The van der Waals surface area contributed by atoms with E-state index in [1.54, 1.807) is 30.3 Å². The number of hydrogen-bond acceptors (Lipinski definition) is 3. The molecule has 0 unspecified atom stereocenters. The van der Waals surface area contributed by atoms with E-state index in [2.05, 4.69) is 10.3 Å². The summed E-state index contributed by atoms with van der Waals surface area (Å²) in [5, 5.41) is 13.3. The Morgan fingerprint density at radius 2 is 1.73 bits per heavy atom. The van der Waals surface area contributed by atoms with Gasteiger partial charge in [-0.15, -0.1) is 0 Å². The van der Waals surface area contributed by atoms with Gasteiger partial charge in [-0.2, -0.15) is 0 Å². The number of amides is 1. The summed E-state index contributed by atoms with van der Waals surface area (Å²) in [5.74, 6) is -6.71. The van der Waals surface area contributed by atoms with Crippen LogP contribution in [0.25, 0.3) is 0 Å². The van der Waals surface area contributed by atoms with Gasteiger partial charge in [0.2, 0.25) is 0 Å². The number of phenols is 1. The van der Waals surface area contributed by atoms with E-state index >= 15 is 0 Å². The lowest BCUT2D eigenvalue weighted by atomic mass is 9.80. The van der Waals surface area contributed by atoms with Crippen molar-refractivity contribution in [1.29, 1.82) is 0 Å². The minimum Gasteiger partial charge on any atom is -0.508 e. The number of alkyl halides is 2. The number of aromatic hydroxyl groups is 1. The van der Waals surface area contributed by atoms with Gasteiger partial charge in [-0.05, 0) is 53.6 Å². The second kappa shape index (κ2) is 10.2. The van der Waals surface area contributed by atoms with Gasteiger partial charge in [-0.25, -0.2) is 17.6 Å². The third-order valence-corrected chi connectivity index (χ3v) is 6.10.